The van der Waals surface area contributed by atoms with Crippen LogP contribution in [0, 0.1) is 11.3 Å². The van der Waals surface area contributed by atoms with E-state index in [-0.39, 0.29) is 23.9 Å². The summed E-state index contributed by atoms with van der Waals surface area (Å²) in [6.07, 6.45) is 1.68. The van der Waals surface area contributed by atoms with E-state index >= 15 is 0 Å². The van der Waals surface area contributed by atoms with Crippen molar-refractivity contribution in [1.82, 2.24) is 0 Å². The zero-order valence-corrected chi connectivity index (χ0v) is 12.0. The number of aliphatic hydroxyl groups is 1. The normalized spacial score (nSPS) is 38.1. The molecule has 4 heteroatoms. The maximum atomic E-state index is 10.9. The van der Waals surface area contributed by atoms with Gasteiger partial charge in [-0.25, -0.2) is 0 Å². The van der Waals surface area contributed by atoms with E-state index in [1.54, 1.807) is 0 Å². The van der Waals surface area contributed by atoms with Crippen molar-refractivity contribution in [2.75, 3.05) is 6.61 Å². The Hall–Kier alpha value is -0.0900. The molecule has 0 saturated heterocycles. The third-order valence-corrected chi connectivity index (χ3v) is 5.45. The second-order valence-electron chi connectivity index (χ2n) is 5.54. The van der Waals surface area contributed by atoms with Crippen LogP contribution in [0.15, 0.2) is 0 Å². The van der Waals surface area contributed by atoms with Crippen LogP contribution in [-0.4, -0.2) is 28.1 Å². The van der Waals surface area contributed by atoms with Crippen LogP contribution in [0.3, 0.4) is 0 Å². The highest BCUT2D eigenvalue weighted by Gasteiger charge is 2.50. The van der Waals surface area contributed by atoms with Crippen molar-refractivity contribution in [1.29, 1.82) is 0 Å². The Morgan fingerprint density at radius 3 is 2.56 bits per heavy atom. The third-order valence-electron chi connectivity index (χ3n) is 3.81. The number of rotatable bonds is 2. The van der Waals surface area contributed by atoms with E-state index in [1.807, 2.05) is 6.92 Å². The average molecular weight is 293 g/mol. The number of carbonyl (C=O) groups excluding carboxylic acids is 1. The zero-order valence-electron chi connectivity index (χ0n) is 10.4. The number of ether oxygens (including phenoxy) is 1. The number of alkyl halides is 1. The van der Waals surface area contributed by atoms with E-state index in [4.69, 9.17) is 4.74 Å². The van der Waals surface area contributed by atoms with Crippen LogP contribution < -0.4 is 0 Å². The van der Waals surface area contributed by atoms with Crippen molar-refractivity contribution in [3.8, 4) is 0 Å². The lowest BCUT2D eigenvalue weighted by atomic mass is 9.62. The molecule has 1 rings (SSSR count). The molecule has 0 aromatic rings. The van der Waals surface area contributed by atoms with Gasteiger partial charge in [0.25, 0.3) is 0 Å². The van der Waals surface area contributed by atoms with Crippen LogP contribution in [-0.2, 0) is 9.53 Å². The Balaban J connectivity index is 2.83. The molecule has 0 aromatic heterocycles. The van der Waals surface area contributed by atoms with Crippen LogP contribution in [0.4, 0.5) is 0 Å². The van der Waals surface area contributed by atoms with E-state index < -0.39 is 5.60 Å². The molecule has 0 heterocycles. The van der Waals surface area contributed by atoms with Crippen LogP contribution in [0.25, 0.3) is 0 Å². The first-order valence-corrected chi connectivity index (χ1v) is 6.59. The second-order valence-corrected chi connectivity index (χ2v) is 6.65. The van der Waals surface area contributed by atoms with Gasteiger partial charge in [-0.05, 0) is 25.2 Å². The summed E-state index contributed by atoms with van der Waals surface area (Å²) in [4.78, 5) is 11.2. The molecule has 0 unspecified atom stereocenters. The quantitative estimate of drug-likeness (QED) is 0.628. The summed E-state index contributed by atoms with van der Waals surface area (Å²) >= 11 is 3.66. The molecule has 94 valence electrons. The van der Waals surface area contributed by atoms with Gasteiger partial charge in [0.1, 0.15) is 0 Å². The predicted molar refractivity (Wildman–Crippen MR) is 66.5 cm³/mol. The van der Waals surface area contributed by atoms with Gasteiger partial charge >= 0.3 is 5.97 Å². The van der Waals surface area contributed by atoms with Crippen LogP contribution in [0.5, 0.6) is 0 Å². The van der Waals surface area contributed by atoms with E-state index in [0.717, 1.165) is 12.8 Å². The topological polar surface area (TPSA) is 46.5 Å². The fourth-order valence-corrected chi connectivity index (χ4v) is 3.13. The molecule has 1 aliphatic rings. The summed E-state index contributed by atoms with van der Waals surface area (Å²) in [5.41, 5.74) is -0.847. The number of hydrogen-bond donors (Lipinski definition) is 1. The van der Waals surface area contributed by atoms with Gasteiger partial charge in [-0.15, -0.1) is 0 Å². The first-order chi connectivity index (χ1) is 7.18. The van der Waals surface area contributed by atoms with Crippen molar-refractivity contribution in [3.05, 3.63) is 0 Å². The summed E-state index contributed by atoms with van der Waals surface area (Å²) in [5, 5.41) is 10.4. The summed E-state index contributed by atoms with van der Waals surface area (Å²) in [6, 6.07) is 0. The van der Waals surface area contributed by atoms with Gasteiger partial charge in [0.15, 0.2) is 0 Å². The first kappa shape index (κ1) is 14.0. The molecular weight excluding hydrogens is 272 g/mol. The van der Waals surface area contributed by atoms with Gasteiger partial charge < -0.3 is 9.84 Å². The molecular formula is C12H21BrO3. The zero-order chi connectivity index (χ0) is 12.6. The van der Waals surface area contributed by atoms with E-state index in [2.05, 4.69) is 29.8 Å². The minimum absolute atomic E-state index is 0.0398. The maximum absolute atomic E-state index is 10.9. The monoisotopic (exact) mass is 292 g/mol. The molecule has 1 saturated carbocycles. The second kappa shape index (κ2) is 4.65. The van der Waals surface area contributed by atoms with Crippen molar-refractivity contribution in [2.45, 2.75) is 51.0 Å². The lowest BCUT2D eigenvalue weighted by molar-refractivity contribution is -0.153. The molecule has 0 spiro atoms. The van der Waals surface area contributed by atoms with E-state index in [0.29, 0.717) is 4.83 Å². The molecule has 0 radical (unpaired) electrons. The van der Waals surface area contributed by atoms with Gasteiger partial charge in [-0.2, -0.15) is 0 Å². The molecule has 3 nitrogen and oxygen atoms in total. The van der Waals surface area contributed by atoms with Gasteiger partial charge in [0.2, 0.25) is 0 Å². The standard InChI is InChI=1S/C12H21BrO3/c1-8(14)16-7-9-11(2,3)10(13)5-6-12(9,4)15/h9-10,15H,5-7H2,1-4H3/t9-,10-,12-/m0/s1. The van der Waals surface area contributed by atoms with Crippen LogP contribution >= 0.6 is 15.9 Å². The van der Waals surface area contributed by atoms with Crippen molar-refractivity contribution in [3.63, 3.8) is 0 Å². The molecule has 1 aliphatic carbocycles. The van der Waals surface area contributed by atoms with E-state index in [9.17, 15) is 9.90 Å². The maximum Gasteiger partial charge on any atom is 0.302 e. The van der Waals surface area contributed by atoms with Gasteiger partial charge in [-0.1, -0.05) is 29.8 Å². The van der Waals surface area contributed by atoms with Crippen LogP contribution in [0.2, 0.25) is 0 Å². The Morgan fingerprint density at radius 1 is 1.50 bits per heavy atom. The lowest BCUT2D eigenvalue weighted by Crippen LogP contribution is -2.53. The van der Waals surface area contributed by atoms with Gasteiger partial charge in [0, 0.05) is 17.7 Å². The molecule has 0 aromatic carbocycles. The fourth-order valence-electron chi connectivity index (χ4n) is 2.58. The molecule has 1 fully saturated rings. The molecule has 0 amide bonds. The Labute approximate surface area is 106 Å². The predicted octanol–water partition coefficient (Wildman–Crippen LogP) is 2.50. The molecule has 1 N–H and O–H groups in total. The lowest BCUT2D eigenvalue weighted by Gasteiger charge is -2.50. The smallest absolute Gasteiger partial charge is 0.302 e. The minimum atomic E-state index is -0.761. The summed E-state index contributed by atoms with van der Waals surface area (Å²) in [5.74, 6) is -0.328. The van der Waals surface area contributed by atoms with Gasteiger partial charge in [0.05, 0.1) is 12.2 Å². The summed E-state index contributed by atoms with van der Waals surface area (Å²) in [6.45, 7) is 7.73. The molecule has 0 bridgehead atoms. The van der Waals surface area contributed by atoms with Crippen molar-refractivity contribution >= 4 is 21.9 Å². The van der Waals surface area contributed by atoms with Gasteiger partial charge in [-0.3, -0.25) is 4.79 Å². The Morgan fingerprint density at radius 2 is 2.06 bits per heavy atom. The van der Waals surface area contributed by atoms with Crippen LogP contribution in [0.1, 0.15) is 40.5 Å². The summed E-state index contributed by atoms with van der Waals surface area (Å²) in [7, 11) is 0. The van der Waals surface area contributed by atoms with Crippen molar-refractivity contribution < 1.29 is 14.6 Å². The average Bonchev–Trinajstić information content (AvgIpc) is 2.11. The molecule has 0 aliphatic heterocycles. The highest BCUT2D eigenvalue weighted by atomic mass is 79.9. The highest BCUT2D eigenvalue weighted by molar-refractivity contribution is 9.09. The number of carbonyl (C=O) groups is 1. The molecule has 16 heavy (non-hydrogen) atoms. The number of hydrogen-bond acceptors (Lipinski definition) is 3. The summed E-state index contributed by atoms with van der Waals surface area (Å²) < 4.78 is 5.08. The third kappa shape index (κ3) is 2.77. The van der Waals surface area contributed by atoms with Crippen molar-refractivity contribution in [2.24, 2.45) is 11.3 Å². The molecule has 3 atom stereocenters. The minimum Gasteiger partial charge on any atom is -0.465 e. The number of halogens is 1. The number of esters is 1. The van der Waals surface area contributed by atoms with E-state index in [1.165, 1.54) is 6.92 Å². The first-order valence-electron chi connectivity index (χ1n) is 5.67. The highest BCUT2D eigenvalue weighted by Crippen LogP contribution is 2.49. The largest absolute Gasteiger partial charge is 0.465 e. The Bertz CT molecular complexity index is 273. The Kier molecular flexibility index (Phi) is 4.06. The SMILES string of the molecule is CC(=O)OC[C@H]1C(C)(C)[C@@H](Br)CC[C@]1(C)O. The fraction of sp³-hybridized carbons (Fsp3) is 0.917.